The fraction of sp³-hybridized carbons (Fsp3) is 0.933. The van der Waals surface area contributed by atoms with Gasteiger partial charge in [0.1, 0.15) is 6.29 Å². The number of carbonyl (C=O) groups excluding carboxylic acids is 1. The standard InChI is InChI=1S/C15H27NO2/c1-13-4-6-15(12-18,7-5-13)11-16-8-2-3-14(9-16)10-17/h12-14,17H,2-11H2,1H3. The van der Waals surface area contributed by atoms with Crippen molar-refractivity contribution in [3.63, 3.8) is 0 Å². The average molecular weight is 253 g/mol. The lowest BCUT2D eigenvalue weighted by atomic mass is 9.71. The molecule has 2 fully saturated rings. The minimum atomic E-state index is -0.0934. The molecule has 1 heterocycles. The molecule has 1 atom stereocenters. The van der Waals surface area contributed by atoms with Gasteiger partial charge in [-0.25, -0.2) is 0 Å². The second-order valence-electron chi connectivity index (χ2n) is 6.59. The Kier molecular flexibility index (Phi) is 4.79. The van der Waals surface area contributed by atoms with Crippen molar-refractivity contribution in [3.05, 3.63) is 0 Å². The van der Waals surface area contributed by atoms with Crippen molar-refractivity contribution < 1.29 is 9.90 Å². The molecule has 2 rings (SSSR count). The van der Waals surface area contributed by atoms with E-state index in [9.17, 15) is 9.90 Å². The molecule has 1 aliphatic carbocycles. The lowest BCUT2D eigenvalue weighted by molar-refractivity contribution is -0.120. The smallest absolute Gasteiger partial charge is 0.127 e. The number of hydrogen-bond donors (Lipinski definition) is 1. The highest BCUT2D eigenvalue weighted by Gasteiger charge is 2.36. The average Bonchev–Trinajstić information content (AvgIpc) is 2.42. The Bertz CT molecular complexity index is 272. The van der Waals surface area contributed by atoms with Crippen LogP contribution in [0.4, 0.5) is 0 Å². The molecule has 1 saturated heterocycles. The van der Waals surface area contributed by atoms with Crippen LogP contribution in [-0.2, 0) is 4.79 Å². The first kappa shape index (κ1) is 14.0. The summed E-state index contributed by atoms with van der Waals surface area (Å²) in [6, 6.07) is 0. The quantitative estimate of drug-likeness (QED) is 0.780. The Labute approximate surface area is 111 Å². The first-order chi connectivity index (χ1) is 8.67. The Morgan fingerprint density at radius 3 is 2.67 bits per heavy atom. The van der Waals surface area contributed by atoms with Crippen LogP contribution in [0.5, 0.6) is 0 Å². The number of aldehydes is 1. The van der Waals surface area contributed by atoms with Gasteiger partial charge in [0.2, 0.25) is 0 Å². The lowest BCUT2D eigenvalue weighted by Crippen LogP contribution is -2.45. The summed E-state index contributed by atoms with van der Waals surface area (Å²) in [6.07, 6.45) is 8.01. The highest BCUT2D eigenvalue weighted by atomic mass is 16.3. The van der Waals surface area contributed by atoms with E-state index in [-0.39, 0.29) is 5.41 Å². The van der Waals surface area contributed by atoms with Gasteiger partial charge in [-0.15, -0.1) is 0 Å². The zero-order valence-electron chi connectivity index (χ0n) is 11.6. The van der Waals surface area contributed by atoms with Gasteiger partial charge in [0, 0.05) is 25.1 Å². The first-order valence-corrected chi connectivity index (χ1v) is 7.47. The fourth-order valence-electron chi connectivity index (χ4n) is 3.54. The number of likely N-dealkylation sites (tertiary alicyclic amines) is 1. The maximum Gasteiger partial charge on any atom is 0.127 e. The first-order valence-electron chi connectivity index (χ1n) is 7.47. The molecular weight excluding hydrogens is 226 g/mol. The van der Waals surface area contributed by atoms with E-state index in [1.807, 2.05) is 0 Å². The second-order valence-corrected chi connectivity index (χ2v) is 6.59. The topological polar surface area (TPSA) is 40.5 Å². The maximum absolute atomic E-state index is 11.5. The lowest BCUT2D eigenvalue weighted by Gasteiger charge is -2.41. The zero-order chi connectivity index (χ0) is 13.0. The number of carbonyl (C=O) groups is 1. The Hall–Kier alpha value is -0.410. The molecular formula is C15H27NO2. The van der Waals surface area contributed by atoms with Gasteiger partial charge in [0.05, 0.1) is 0 Å². The number of piperidine rings is 1. The van der Waals surface area contributed by atoms with E-state index in [2.05, 4.69) is 11.8 Å². The van der Waals surface area contributed by atoms with Crippen molar-refractivity contribution in [1.82, 2.24) is 4.90 Å². The van der Waals surface area contributed by atoms with Gasteiger partial charge in [-0.1, -0.05) is 6.92 Å². The Morgan fingerprint density at radius 2 is 2.06 bits per heavy atom. The minimum Gasteiger partial charge on any atom is -0.396 e. The monoisotopic (exact) mass is 253 g/mol. The molecule has 0 aromatic heterocycles. The van der Waals surface area contributed by atoms with Crippen molar-refractivity contribution in [3.8, 4) is 0 Å². The van der Waals surface area contributed by atoms with E-state index in [0.29, 0.717) is 12.5 Å². The van der Waals surface area contributed by atoms with Crippen LogP contribution in [-0.4, -0.2) is 42.5 Å². The van der Waals surface area contributed by atoms with Gasteiger partial charge >= 0.3 is 0 Å². The van der Waals surface area contributed by atoms with E-state index < -0.39 is 0 Å². The molecule has 1 aliphatic heterocycles. The van der Waals surface area contributed by atoms with Crippen LogP contribution in [0, 0.1) is 17.3 Å². The van der Waals surface area contributed by atoms with E-state index in [1.54, 1.807) is 0 Å². The summed E-state index contributed by atoms with van der Waals surface area (Å²) < 4.78 is 0. The summed E-state index contributed by atoms with van der Waals surface area (Å²) in [4.78, 5) is 13.9. The molecule has 1 N–H and O–H groups in total. The molecule has 0 amide bonds. The van der Waals surface area contributed by atoms with Crippen LogP contribution in [0.3, 0.4) is 0 Å². The number of rotatable bonds is 4. The van der Waals surface area contributed by atoms with Crippen LogP contribution >= 0.6 is 0 Å². The molecule has 0 aromatic carbocycles. The molecule has 3 nitrogen and oxygen atoms in total. The predicted octanol–water partition coefficient (Wildman–Crippen LogP) is 2.09. The fourth-order valence-corrected chi connectivity index (χ4v) is 3.54. The molecule has 0 spiro atoms. The van der Waals surface area contributed by atoms with Gasteiger partial charge < -0.3 is 14.8 Å². The van der Waals surface area contributed by atoms with Crippen LogP contribution in [0.1, 0.15) is 45.4 Å². The van der Waals surface area contributed by atoms with Crippen molar-refractivity contribution in [2.75, 3.05) is 26.2 Å². The summed E-state index contributed by atoms with van der Waals surface area (Å²) in [7, 11) is 0. The van der Waals surface area contributed by atoms with Gasteiger partial charge in [0.25, 0.3) is 0 Å². The summed E-state index contributed by atoms with van der Waals surface area (Å²) in [5.41, 5.74) is -0.0934. The number of aliphatic hydroxyl groups is 1. The van der Waals surface area contributed by atoms with Crippen LogP contribution < -0.4 is 0 Å². The van der Waals surface area contributed by atoms with Gasteiger partial charge in [-0.2, -0.15) is 0 Å². The second kappa shape index (κ2) is 6.16. The molecule has 3 heteroatoms. The SMILES string of the molecule is CC1CCC(C=O)(CN2CCCC(CO)C2)CC1. The van der Waals surface area contributed by atoms with Crippen LogP contribution in [0.2, 0.25) is 0 Å². The van der Waals surface area contributed by atoms with Crippen molar-refractivity contribution in [2.45, 2.75) is 45.4 Å². The third kappa shape index (κ3) is 3.33. The zero-order valence-corrected chi connectivity index (χ0v) is 11.6. The third-order valence-corrected chi connectivity index (χ3v) is 4.92. The van der Waals surface area contributed by atoms with E-state index in [1.165, 1.54) is 19.1 Å². The summed E-state index contributed by atoms with van der Waals surface area (Å²) in [5, 5.41) is 9.27. The molecule has 1 saturated carbocycles. The van der Waals surface area contributed by atoms with Crippen LogP contribution in [0.15, 0.2) is 0 Å². The number of hydrogen-bond acceptors (Lipinski definition) is 3. The van der Waals surface area contributed by atoms with E-state index >= 15 is 0 Å². The number of nitrogens with zero attached hydrogens (tertiary/aromatic N) is 1. The summed E-state index contributed by atoms with van der Waals surface area (Å²) in [6.45, 7) is 5.57. The van der Waals surface area contributed by atoms with Gasteiger partial charge in [-0.3, -0.25) is 0 Å². The summed E-state index contributed by atoms with van der Waals surface area (Å²) in [5.74, 6) is 1.20. The van der Waals surface area contributed by atoms with Crippen molar-refractivity contribution >= 4 is 6.29 Å². The Balaban J connectivity index is 1.91. The molecule has 0 radical (unpaired) electrons. The molecule has 1 unspecified atom stereocenters. The van der Waals surface area contributed by atoms with E-state index in [4.69, 9.17) is 0 Å². The minimum absolute atomic E-state index is 0.0934. The molecule has 104 valence electrons. The molecule has 0 aromatic rings. The van der Waals surface area contributed by atoms with Gasteiger partial charge in [-0.05, 0) is 56.9 Å². The number of aliphatic hydroxyl groups excluding tert-OH is 1. The van der Waals surface area contributed by atoms with Gasteiger partial charge in [0.15, 0.2) is 0 Å². The third-order valence-electron chi connectivity index (χ3n) is 4.92. The molecule has 18 heavy (non-hydrogen) atoms. The van der Waals surface area contributed by atoms with E-state index in [0.717, 1.165) is 51.2 Å². The van der Waals surface area contributed by atoms with Crippen molar-refractivity contribution in [1.29, 1.82) is 0 Å². The van der Waals surface area contributed by atoms with Crippen molar-refractivity contribution in [2.24, 2.45) is 17.3 Å². The molecule has 2 aliphatic rings. The predicted molar refractivity (Wildman–Crippen MR) is 72.4 cm³/mol. The van der Waals surface area contributed by atoms with Crippen LogP contribution in [0.25, 0.3) is 0 Å². The maximum atomic E-state index is 11.5. The summed E-state index contributed by atoms with van der Waals surface area (Å²) >= 11 is 0. The highest BCUT2D eigenvalue weighted by molar-refractivity contribution is 5.60. The normalized spacial score (nSPS) is 38.6. The Morgan fingerprint density at radius 1 is 1.33 bits per heavy atom. The highest BCUT2D eigenvalue weighted by Crippen LogP contribution is 2.38. The largest absolute Gasteiger partial charge is 0.396 e. The molecule has 0 bridgehead atoms.